The quantitative estimate of drug-likeness (QED) is 0.342. The van der Waals surface area contributed by atoms with Crippen LogP contribution in [0.3, 0.4) is 0 Å². The summed E-state index contributed by atoms with van der Waals surface area (Å²) in [6.45, 7) is 6.87. The lowest BCUT2D eigenvalue weighted by molar-refractivity contribution is -0.128. The minimum Gasteiger partial charge on any atom is -0.384 e. The number of rotatable bonds is 11. The Morgan fingerprint density at radius 3 is 2.31 bits per heavy atom. The van der Waals surface area contributed by atoms with E-state index in [1.807, 2.05) is 31.2 Å². The van der Waals surface area contributed by atoms with E-state index in [1.165, 1.54) is 16.7 Å². The Balaban J connectivity index is 1.35. The van der Waals surface area contributed by atoms with Crippen LogP contribution in [0.25, 0.3) is 11.1 Å². The first-order valence-electron chi connectivity index (χ1n) is 12.0. The van der Waals surface area contributed by atoms with Crippen LogP contribution in [0.5, 0.6) is 0 Å². The largest absolute Gasteiger partial charge is 0.384 e. The van der Waals surface area contributed by atoms with Gasteiger partial charge in [0, 0.05) is 12.2 Å². The predicted molar refractivity (Wildman–Crippen MR) is 140 cm³/mol. The van der Waals surface area contributed by atoms with Crippen LogP contribution in [0.2, 0.25) is 0 Å². The molecule has 2 amide bonds. The van der Waals surface area contributed by atoms with Gasteiger partial charge in [0.05, 0.1) is 6.54 Å². The molecule has 3 aromatic rings. The lowest BCUT2D eigenvalue weighted by atomic mass is 9.98. The SMILES string of the molecule is Cc1nc(N)ccc1CNC(=O)[C@H](C)NC(=O)CNC[C@H](C)Cc1ccc(-c2ccccc2)cc1. The molecule has 0 aliphatic heterocycles. The molecule has 1 heterocycles. The molecule has 0 unspecified atom stereocenters. The summed E-state index contributed by atoms with van der Waals surface area (Å²) in [5.41, 5.74) is 11.0. The first kappa shape index (κ1) is 25.9. The molecule has 0 aliphatic carbocycles. The monoisotopic (exact) mass is 473 g/mol. The van der Waals surface area contributed by atoms with Crippen molar-refractivity contribution in [1.82, 2.24) is 20.9 Å². The second-order valence-electron chi connectivity index (χ2n) is 8.99. The van der Waals surface area contributed by atoms with Crippen molar-refractivity contribution in [1.29, 1.82) is 0 Å². The van der Waals surface area contributed by atoms with E-state index in [0.29, 0.717) is 24.8 Å². The highest BCUT2D eigenvalue weighted by atomic mass is 16.2. The van der Waals surface area contributed by atoms with Crippen molar-refractivity contribution in [2.75, 3.05) is 18.8 Å². The van der Waals surface area contributed by atoms with E-state index >= 15 is 0 Å². The van der Waals surface area contributed by atoms with E-state index in [9.17, 15) is 9.59 Å². The molecule has 0 saturated heterocycles. The van der Waals surface area contributed by atoms with Crippen LogP contribution < -0.4 is 21.7 Å². The van der Waals surface area contributed by atoms with Crippen LogP contribution in [0, 0.1) is 12.8 Å². The van der Waals surface area contributed by atoms with Crippen molar-refractivity contribution in [2.24, 2.45) is 5.92 Å². The van der Waals surface area contributed by atoms with Gasteiger partial charge in [-0.2, -0.15) is 0 Å². The fourth-order valence-electron chi connectivity index (χ4n) is 3.86. The fourth-order valence-corrected chi connectivity index (χ4v) is 3.86. The minimum atomic E-state index is -0.633. The summed E-state index contributed by atoms with van der Waals surface area (Å²) in [5, 5.41) is 8.75. The maximum absolute atomic E-state index is 12.3. The lowest BCUT2D eigenvalue weighted by Crippen LogP contribution is -2.47. The lowest BCUT2D eigenvalue weighted by Gasteiger charge is -2.16. The summed E-state index contributed by atoms with van der Waals surface area (Å²) in [7, 11) is 0. The molecule has 0 aliphatic rings. The molecule has 7 nitrogen and oxygen atoms in total. The molecule has 1 aromatic heterocycles. The fraction of sp³-hybridized carbons (Fsp3) is 0.321. The minimum absolute atomic E-state index is 0.163. The van der Waals surface area contributed by atoms with Crippen molar-refractivity contribution in [3.8, 4) is 11.1 Å². The third kappa shape index (κ3) is 8.22. The van der Waals surface area contributed by atoms with Gasteiger partial charge in [-0.3, -0.25) is 9.59 Å². The number of nitrogens with two attached hydrogens (primary N) is 1. The molecule has 0 radical (unpaired) electrons. The summed E-state index contributed by atoms with van der Waals surface area (Å²) < 4.78 is 0. The van der Waals surface area contributed by atoms with Crippen LogP contribution >= 0.6 is 0 Å². The number of hydrogen-bond acceptors (Lipinski definition) is 5. The summed E-state index contributed by atoms with van der Waals surface area (Å²) in [6, 6.07) is 21.8. The summed E-state index contributed by atoms with van der Waals surface area (Å²) in [4.78, 5) is 28.8. The molecule has 0 spiro atoms. The molecule has 35 heavy (non-hydrogen) atoms. The van der Waals surface area contributed by atoms with Crippen LogP contribution in [0.1, 0.15) is 30.7 Å². The average molecular weight is 474 g/mol. The second-order valence-corrected chi connectivity index (χ2v) is 8.99. The Bertz CT molecular complexity index is 1120. The normalized spacial score (nSPS) is 12.5. The zero-order valence-corrected chi connectivity index (χ0v) is 20.7. The molecular formula is C28H35N5O2. The van der Waals surface area contributed by atoms with Gasteiger partial charge in [-0.05, 0) is 61.1 Å². The van der Waals surface area contributed by atoms with Crippen LogP contribution in [-0.2, 0) is 22.6 Å². The van der Waals surface area contributed by atoms with E-state index in [2.05, 4.69) is 64.3 Å². The summed E-state index contributed by atoms with van der Waals surface area (Å²) >= 11 is 0. The number of nitrogens with zero attached hydrogens (tertiary/aromatic N) is 1. The van der Waals surface area contributed by atoms with Gasteiger partial charge in [-0.15, -0.1) is 0 Å². The van der Waals surface area contributed by atoms with Gasteiger partial charge < -0.3 is 21.7 Å². The highest BCUT2D eigenvalue weighted by molar-refractivity contribution is 5.87. The molecule has 7 heteroatoms. The van der Waals surface area contributed by atoms with E-state index in [0.717, 1.165) is 17.7 Å². The number of anilines is 1. The molecule has 0 bridgehead atoms. The standard InChI is InChI=1S/C28H35N5O2/c1-19(15-22-9-11-24(12-10-22)23-7-5-4-6-8-23)16-30-18-27(34)33-21(3)28(35)31-17-25-13-14-26(29)32-20(25)2/h4-14,19,21,30H,15-18H2,1-3H3,(H2,29,32)(H,31,35)(H,33,34)/t19-,21+/m1/s1. The first-order valence-corrected chi connectivity index (χ1v) is 12.0. The van der Waals surface area contributed by atoms with E-state index in [-0.39, 0.29) is 18.4 Å². The van der Waals surface area contributed by atoms with E-state index in [4.69, 9.17) is 5.73 Å². The van der Waals surface area contributed by atoms with Gasteiger partial charge in [0.2, 0.25) is 11.8 Å². The predicted octanol–water partition coefficient (Wildman–Crippen LogP) is 3.23. The van der Waals surface area contributed by atoms with Crippen molar-refractivity contribution in [3.63, 3.8) is 0 Å². The van der Waals surface area contributed by atoms with Gasteiger partial charge in [0.1, 0.15) is 11.9 Å². The van der Waals surface area contributed by atoms with Gasteiger partial charge in [0.25, 0.3) is 0 Å². The number of hydrogen-bond donors (Lipinski definition) is 4. The molecule has 0 saturated carbocycles. The van der Waals surface area contributed by atoms with Gasteiger partial charge >= 0.3 is 0 Å². The smallest absolute Gasteiger partial charge is 0.242 e. The molecule has 3 rings (SSSR count). The van der Waals surface area contributed by atoms with Gasteiger partial charge in [-0.1, -0.05) is 67.6 Å². The number of nitrogens with one attached hydrogen (secondary N) is 3. The third-order valence-electron chi connectivity index (χ3n) is 5.86. The Morgan fingerprint density at radius 1 is 0.943 bits per heavy atom. The van der Waals surface area contributed by atoms with Crippen molar-refractivity contribution < 1.29 is 9.59 Å². The number of aryl methyl sites for hydroxylation is 1. The zero-order chi connectivity index (χ0) is 25.2. The topological polar surface area (TPSA) is 109 Å². The number of amides is 2. The molecule has 0 fully saturated rings. The summed E-state index contributed by atoms with van der Waals surface area (Å²) in [5.74, 6) is 0.350. The van der Waals surface area contributed by atoms with Gasteiger partial charge in [0.15, 0.2) is 0 Å². The number of nitrogen functional groups attached to an aromatic ring is 1. The Hall–Kier alpha value is -3.71. The molecule has 5 N–H and O–H groups in total. The van der Waals surface area contributed by atoms with E-state index in [1.54, 1.807) is 13.0 Å². The molecule has 2 atom stereocenters. The summed E-state index contributed by atoms with van der Waals surface area (Å²) in [6.07, 6.45) is 0.919. The van der Waals surface area contributed by atoms with Crippen molar-refractivity contribution >= 4 is 17.6 Å². The Morgan fingerprint density at radius 2 is 1.63 bits per heavy atom. The van der Waals surface area contributed by atoms with Crippen LogP contribution in [0.15, 0.2) is 66.7 Å². The zero-order valence-electron chi connectivity index (χ0n) is 20.7. The number of aromatic nitrogens is 1. The van der Waals surface area contributed by atoms with Crippen LogP contribution in [0.4, 0.5) is 5.82 Å². The first-order chi connectivity index (χ1) is 16.8. The molecular weight excluding hydrogens is 438 g/mol. The Kier molecular flexibility index (Phi) is 9.38. The van der Waals surface area contributed by atoms with Crippen LogP contribution in [-0.4, -0.2) is 35.9 Å². The maximum atomic E-state index is 12.3. The number of pyridine rings is 1. The number of benzene rings is 2. The molecule has 184 valence electrons. The van der Waals surface area contributed by atoms with Gasteiger partial charge in [-0.25, -0.2) is 4.98 Å². The average Bonchev–Trinajstić information content (AvgIpc) is 2.84. The van der Waals surface area contributed by atoms with Crippen molar-refractivity contribution in [2.45, 2.75) is 39.8 Å². The highest BCUT2D eigenvalue weighted by Gasteiger charge is 2.16. The Labute approximate surface area is 207 Å². The highest BCUT2D eigenvalue weighted by Crippen LogP contribution is 2.20. The maximum Gasteiger partial charge on any atom is 0.242 e. The number of carbonyl (C=O) groups excluding carboxylic acids is 2. The van der Waals surface area contributed by atoms with E-state index < -0.39 is 6.04 Å². The molecule has 2 aromatic carbocycles. The second kappa shape index (κ2) is 12.7. The van der Waals surface area contributed by atoms with Crippen molar-refractivity contribution in [3.05, 3.63) is 83.6 Å². The number of carbonyl (C=O) groups is 2. The third-order valence-corrected chi connectivity index (χ3v) is 5.86.